The molecule has 6 heteroatoms. The molecule has 1 atom stereocenters. The fourth-order valence-corrected chi connectivity index (χ4v) is 3.58. The molecule has 3 rings (SSSR count). The number of hydrogen-bond donors (Lipinski definition) is 2. The molecule has 1 saturated heterocycles. The summed E-state index contributed by atoms with van der Waals surface area (Å²) in [5.74, 6) is -0.533. The number of carbonyl (C=O) groups excluding carboxylic acids is 2. The van der Waals surface area contributed by atoms with E-state index in [0.29, 0.717) is 26.1 Å². The average Bonchev–Trinajstić information content (AvgIpc) is 3.11. The minimum atomic E-state index is -0.324. The van der Waals surface area contributed by atoms with E-state index in [1.54, 1.807) is 16.2 Å². The number of rotatable bonds is 3. The highest BCUT2D eigenvalue weighted by atomic mass is 32.1. The molecule has 3 amide bonds. The Hall–Kier alpha value is -2.08. The molecule has 2 heterocycles. The molecule has 1 fully saturated rings. The van der Waals surface area contributed by atoms with E-state index >= 15 is 0 Å². The summed E-state index contributed by atoms with van der Waals surface area (Å²) in [7, 11) is 0. The second-order valence-corrected chi connectivity index (χ2v) is 6.41. The molecule has 110 valence electrons. The van der Waals surface area contributed by atoms with E-state index < -0.39 is 0 Å². The molecule has 0 spiro atoms. The van der Waals surface area contributed by atoms with Crippen molar-refractivity contribution in [2.24, 2.45) is 11.7 Å². The molecule has 0 saturated carbocycles. The standard InChI is InChI=1S/C15H17N3O2S/c16-14(19)11-5-6-18(9-11)15(20)17-8-12-7-10-3-1-2-4-13(10)21-12/h1-4,7,11H,5-6,8-9H2,(H2,16,19)(H,17,20)/t11-/m0/s1. The van der Waals surface area contributed by atoms with Gasteiger partial charge in [0.1, 0.15) is 0 Å². The summed E-state index contributed by atoms with van der Waals surface area (Å²) >= 11 is 1.68. The number of amides is 3. The van der Waals surface area contributed by atoms with Crippen molar-refractivity contribution in [3.8, 4) is 0 Å². The van der Waals surface area contributed by atoms with Crippen molar-refractivity contribution in [3.63, 3.8) is 0 Å². The number of fused-ring (bicyclic) bond motifs is 1. The predicted molar refractivity (Wildman–Crippen MR) is 82.9 cm³/mol. The molecule has 5 nitrogen and oxygen atoms in total. The number of nitrogens with zero attached hydrogens (tertiary/aromatic N) is 1. The summed E-state index contributed by atoms with van der Waals surface area (Å²) in [6, 6.07) is 10.1. The molecule has 0 bridgehead atoms. The fourth-order valence-electron chi connectivity index (χ4n) is 2.58. The lowest BCUT2D eigenvalue weighted by Gasteiger charge is -2.16. The molecule has 3 N–H and O–H groups in total. The first kappa shape index (κ1) is 13.9. The van der Waals surface area contributed by atoms with E-state index in [1.807, 2.05) is 12.1 Å². The smallest absolute Gasteiger partial charge is 0.317 e. The van der Waals surface area contributed by atoms with E-state index in [2.05, 4.69) is 23.5 Å². The van der Waals surface area contributed by atoms with Gasteiger partial charge < -0.3 is 16.0 Å². The van der Waals surface area contributed by atoms with Gasteiger partial charge in [0.2, 0.25) is 5.91 Å². The second kappa shape index (κ2) is 5.73. The van der Waals surface area contributed by atoms with Gasteiger partial charge in [-0.1, -0.05) is 18.2 Å². The highest BCUT2D eigenvalue weighted by molar-refractivity contribution is 7.19. The number of urea groups is 1. The lowest BCUT2D eigenvalue weighted by molar-refractivity contribution is -0.121. The minimum Gasteiger partial charge on any atom is -0.369 e. The summed E-state index contributed by atoms with van der Waals surface area (Å²) in [5, 5.41) is 4.10. The highest BCUT2D eigenvalue weighted by Crippen LogP contribution is 2.25. The van der Waals surface area contributed by atoms with Gasteiger partial charge in [-0.25, -0.2) is 4.79 Å². The SMILES string of the molecule is NC(=O)[C@H]1CCN(C(=O)NCc2cc3ccccc3s2)C1. The zero-order chi connectivity index (χ0) is 14.8. The van der Waals surface area contributed by atoms with Crippen LogP contribution in [0.15, 0.2) is 30.3 Å². The summed E-state index contributed by atoms with van der Waals surface area (Å²) in [6.07, 6.45) is 0.658. The molecular formula is C15H17N3O2S. The Morgan fingerprint density at radius 1 is 1.38 bits per heavy atom. The van der Waals surface area contributed by atoms with Crippen LogP contribution in [-0.2, 0) is 11.3 Å². The van der Waals surface area contributed by atoms with Gasteiger partial charge in [-0.3, -0.25) is 4.79 Å². The highest BCUT2D eigenvalue weighted by Gasteiger charge is 2.29. The van der Waals surface area contributed by atoms with Crippen LogP contribution >= 0.6 is 11.3 Å². The molecule has 1 aliphatic rings. The Bertz CT molecular complexity index is 649. The topological polar surface area (TPSA) is 75.4 Å². The number of carbonyl (C=O) groups is 2. The van der Waals surface area contributed by atoms with Gasteiger partial charge >= 0.3 is 6.03 Å². The van der Waals surface area contributed by atoms with Gasteiger partial charge in [-0.05, 0) is 23.9 Å². The second-order valence-electron chi connectivity index (χ2n) is 5.24. The minimum absolute atomic E-state index is 0.129. The van der Waals surface area contributed by atoms with E-state index in [0.717, 1.165) is 4.88 Å². The van der Waals surface area contributed by atoms with Crippen LogP contribution in [0.25, 0.3) is 10.1 Å². The molecular weight excluding hydrogens is 286 g/mol. The number of benzene rings is 1. The van der Waals surface area contributed by atoms with Crippen molar-refractivity contribution < 1.29 is 9.59 Å². The van der Waals surface area contributed by atoms with Crippen LogP contribution in [-0.4, -0.2) is 29.9 Å². The molecule has 0 radical (unpaired) electrons. The van der Waals surface area contributed by atoms with Crippen molar-refractivity contribution in [1.82, 2.24) is 10.2 Å². The lowest BCUT2D eigenvalue weighted by Crippen LogP contribution is -2.39. The van der Waals surface area contributed by atoms with Gasteiger partial charge in [0, 0.05) is 22.7 Å². The van der Waals surface area contributed by atoms with E-state index in [9.17, 15) is 9.59 Å². The Kier molecular flexibility index (Phi) is 3.79. The largest absolute Gasteiger partial charge is 0.369 e. The van der Waals surface area contributed by atoms with Gasteiger partial charge in [0.15, 0.2) is 0 Å². The van der Waals surface area contributed by atoms with Crippen molar-refractivity contribution in [2.75, 3.05) is 13.1 Å². The van der Waals surface area contributed by atoms with E-state index in [1.165, 1.54) is 10.1 Å². The molecule has 1 aromatic heterocycles. The van der Waals surface area contributed by atoms with Gasteiger partial charge in [-0.15, -0.1) is 11.3 Å². The number of likely N-dealkylation sites (tertiary alicyclic amines) is 1. The van der Waals surface area contributed by atoms with Crippen LogP contribution in [0.2, 0.25) is 0 Å². The number of hydrogen-bond acceptors (Lipinski definition) is 3. The maximum Gasteiger partial charge on any atom is 0.317 e. The monoisotopic (exact) mass is 303 g/mol. The molecule has 1 aliphatic heterocycles. The molecule has 1 aromatic carbocycles. The van der Waals surface area contributed by atoms with Crippen molar-refractivity contribution in [1.29, 1.82) is 0 Å². The van der Waals surface area contributed by atoms with Crippen molar-refractivity contribution in [3.05, 3.63) is 35.2 Å². The van der Waals surface area contributed by atoms with E-state index in [-0.39, 0.29) is 17.9 Å². The summed E-state index contributed by atoms with van der Waals surface area (Å²) in [5.41, 5.74) is 5.27. The lowest BCUT2D eigenvalue weighted by atomic mass is 10.1. The third-order valence-electron chi connectivity index (χ3n) is 3.77. The zero-order valence-electron chi connectivity index (χ0n) is 11.5. The van der Waals surface area contributed by atoms with Gasteiger partial charge in [0.05, 0.1) is 12.5 Å². The average molecular weight is 303 g/mol. The van der Waals surface area contributed by atoms with Crippen LogP contribution < -0.4 is 11.1 Å². The summed E-state index contributed by atoms with van der Waals surface area (Å²) < 4.78 is 1.22. The van der Waals surface area contributed by atoms with E-state index in [4.69, 9.17) is 5.73 Å². The van der Waals surface area contributed by atoms with Gasteiger partial charge in [0.25, 0.3) is 0 Å². The number of nitrogens with two attached hydrogens (primary N) is 1. The Labute approximate surface area is 126 Å². The first-order valence-electron chi connectivity index (χ1n) is 6.93. The normalized spacial score (nSPS) is 18.1. The van der Waals surface area contributed by atoms with Gasteiger partial charge in [-0.2, -0.15) is 0 Å². The molecule has 2 aromatic rings. The summed E-state index contributed by atoms with van der Waals surface area (Å²) in [6.45, 7) is 1.52. The Morgan fingerprint density at radius 3 is 2.90 bits per heavy atom. The maximum absolute atomic E-state index is 12.1. The molecule has 21 heavy (non-hydrogen) atoms. The number of thiophene rings is 1. The Balaban J connectivity index is 1.57. The first-order chi connectivity index (χ1) is 10.1. The van der Waals surface area contributed by atoms with Crippen molar-refractivity contribution >= 4 is 33.4 Å². The number of primary amides is 1. The molecule has 0 unspecified atom stereocenters. The zero-order valence-corrected chi connectivity index (χ0v) is 12.4. The van der Waals surface area contributed by atoms with Crippen LogP contribution in [0.5, 0.6) is 0 Å². The van der Waals surface area contributed by atoms with Crippen LogP contribution in [0, 0.1) is 5.92 Å². The Morgan fingerprint density at radius 2 is 2.19 bits per heavy atom. The fraction of sp³-hybridized carbons (Fsp3) is 0.333. The quantitative estimate of drug-likeness (QED) is 0.909. The van der Waals surface area contributed by atoms with Crippen LogP contribution in [0.1, 0.15) is 11.3 Å². The van der Waals surface area contributed by atoms with Crippen LogP contribution in [0.4, 0.5) is 4.79 Å². The van der Waals surface area contributed by atoms with Crippen molar-refractivity contribution in [2.45, 2.75) is 13.0 Å². The van der Waals surface area contributed by atoms with Crippen LogP contribution in [0.3, 0.4) is 0 Å². The maximum atomic E-state index is 12.1. The summed E-state index contributed by atoms with van der Waals surface area (Å²) in [4.78, 5) is 26.0. The third kappa shape index (κ3) is 3.00. The molecule has 0 aliphatic carbocycles. The predicted octanol–water partition coefficient (Wildman–Crippen LogP) is 1.92. The first-order valence-corrected chi connectivity index (χ1v) is 7.74. The third-order valence-corrected chi connectivity index (χ3v) is 4.88. The number of nitrogens with one attached hydrogen (secondary N) is 1.